The van der Waals surface area contributed by atoms with Crippen molar-refractivity contribution in [2.24, 2.45) is 0 Å². The summed E-state index contributed by atoms with van der Waals surface area (Å²) in [4.78, 5) is 41.1. The lowest BCUT2D eigenvalue weighted by atomic mass is 9.94. The molecule has 0 atom stereocenters. The average molecular weight is 1100 g/mol. The third-order valence-electron chi connectivity index (χ3n) is 13.1. The van der Waals surface area contributed by atoms with E-state index in [0.29, 0.717) is 36.5 Å². The molecule has 22 heteroatoms. The number of carbonyl (C=O) groups is 3. The largest absolute Gasteiger partial charge is 0.493 e. The van der Waals surface area contributed by atoms with Crippen molar-refractivity contribution < 1.29 is 83.4 Å². The van der Waals surface area contributed by atoms with E-state index in [9.17, 15) is 14.4 Å². The van der Waals surface area contributed by atoms with Gasteiger partial charge in [-0.3, -0.25) is 19.3 Å². The van der Waals surface area contributed by atoms with Crippen LogP contribution < -0.4 is 58.6 Å². The van der Waals surface area contributed by atoms with Crippen molar-refractivity contribution in [3.05, 3.63) is 158 Å². The van der Waals surface area contributed by atoms with Crippen LogP contribution in [0.25, 0.3) is 0 Å². The summed E-state index contributed by atoms with van der Waals surface area (Å²) in [6.07, 6.45) is 0.945. The first-order valence-electron chi connectivity index (χ1n) is 25.0. The lowest BCUT2D eigenvalue weighted by molar-refractivity contribution is -0.127. The molecule has 16 nitrogen and oxygen atoms in total. The molecule has 12 heterocycles. The summed E-state index contributed by atoms with van der Waals surface area (Å²) in [6, 6.07) is 16.6. The molecule has 0 saturated carbocycles. The highest BCUT2D eigenvalue weighted by atomic mass is 19.2. The topological polar surface area (TPSA) is 174 Å². The Balaban J connectivity index is 1.14. The molecule has 0 aromatic heterocycles. The Morgan fingerprint density at radius 2 is 0.608 bits per heavy atom. The Kier molecular flexibility index (Phi) is 17.4. The second-order valence-corrected chi connectivity index (χ2v) is 18.6. The molecule has 416 valence electrons. The van der Waals surface area contributed by atoms with Gasteiger partial charge >= 0.3 is 0 Å². The van der Waals surface area contributed by atoms with Gasteiger partial charge in [0.05, 0.1) is 41.0 Å². The predicted octanol–water partition coefficient (Wildman–Crippen LogP) is 7.18. The average Bonchev–Trinajstić information content (AvgIpc) is 3.69. The van der Waals surface area contributed by atoms with Gasteiger partial charge in [0, 0.05) is 19.6 Å². The summed E-state index contributed by atoms with van der Waals surface area (Å²) in [7, 11) is 4.39. The summed E-state index contributed by atoms with van der Waals surface area (Å²) in [5.74, 6) is -9.01. The van der Waals surface area contributed by atoms with Crippen LogP contribution in [0.3, 0.4) is 0 Å². The minimum absolute atomic E-state index is 0.00117. The second kappa shape index (κ2) is 24.9. The molecule has 0 spiro atoms. The molecule has 6 aromatic carbocycles. The molecule has 79 heavy (non-hydrogen) atoms. The van der Waals surface area contributed by atoms with Crippen LogP contribution >= 0.6 is 0 Å². The number of methoxy groups -OCH3 is 3. The normalized spacial score (nSPS) is 15.8. The summed E-state index contributed by atoms with van der Waals surface area (Å²) >= 11 is 0. The van der Waals surface area contributed by atoms with E-state index in [1.54, 1.807) is 18.2 Å². The van der Waals surface area contributed by atoms with Crippen LogP contribution in [0.4, 0.5) is 26.3 Å². The fourth-order valence-corrected chi connectivity index (χ4v) is 9.34. The molecule has 12 aliphatic heterocycles. The quantitative estimate of drug-likeness (QED) is 0.152. The highest BCUT2D eigenvalue weighted by molar-refractivity contribution is 5.84. The number of nitrogens with zero attached hydrogens (tertiary/aromatic N) is 1. The van der Waals surface area contributed by atoms with E-state index in [0.717, 1.165) is 74.7 Å². The van der Waals surface area contributed by atoms with Crippen LogP contribution in [-0.4, -0.2) is 103 Å². The SMILES string of the molecule is COc1cc2c3cc1OCCOc1c(F)cc(cc1F)CNC(=O)CN1CC(=O)NCc4cc(F)c(c(F)c4)OCCOc4cc(c(cc4OC)C3)Cc3cc(OC)c(cc3C2)OCCOc2c(F)cc(cc2F)CNC(=O)C1. The van der Waals surface area contributed by atoms with Gasteiger partial charge in [0.15, 0.2) is 86.6 Å². The maximum atomic E-state index is 15.5. The fourth-order valence-electron chi connectivity index (χ4n) is 9.34. The van der Waals surface area contributed by atoms with Crippen molar-refractivity contribution in [3.63, 3.8) is 0 Å². The van der Waals surface area contributed by atoms with Gasteiger partial charge in [-0.1, -0.05) is 0 Å². The summed E-state index contributed by atoms with van der Waals surface area (Å²) in [5, 5.41) is 7.51. The molecule has 1 aliphatic carbocycles. The van der Waals surface area contributed by atoms with Gasteiger partial charge in [0.1, 0.15) is 39.6 Å². The molecule has 0 unspecified atom stereocenters. The Bertz CT molecular complexity index is 2880. The maximum Gasteiger partial charge on any atom is 0.234 e. The lowest BCUT2D eigenvalue weighted by Gasteiger charge is -2.21. The molecular weight excluding hydrogens is 1050 g/mol. The van der Waals surface area contributed by atoms with E-state index in [-0.39, 0.29) is 73.6 Å². The molecule has 6 aromatic rings. The number of fused-ring (bicyclic) bond motifs is 1. The third-order valence-corrected chi connectivity index (χ3v) is 13.1. The van der Waals surface area contributed by atoms with Gasteiger partial charge in [-0.25, -0.2) is 26.3 Å². The minimum atomic E-state index is -1.07. The number of halogens is 6. The third kappa shape index (κ3) is 13.4. The first kappa shape index (κ1) is 55.2. The zero-order valence-corrected chi connectivity index (χ0v) is 43.1. The number of hydrogen-bond acceptors (Lipinski definition) is 13. The van der Waals surface area contributed by atoms with Gasteiger partial charge in [-0.2, -0.15) is 0 Å². The van der Waals surface area contributed by atoms with Gasteiger partial charge in [-0.15, -0.1) is 0 Å². The van der Waals surface area contributed by atoms with Crippen LogP contribution in [0.5, 0.6) is 51.7 Å². The van der Waals surface area contributed by atoms with Crippen molar-refractivity contribution in [2.75, 3.05) is 80.6 Å². The number of rotatable bonds is 3. The van der Waals surface area contributed by atoms with Crippen LogP contribution in [0, 0.1) is 34.9 Å². The summed E-state index contributed by atoms with van der Waals surface area (Å²) in [5.41, 5.74) is 4.78. The summed E-state index contributed by atoms with van der Waals surface area (Å²) < 4.78 is 146. The second-order valence-electron chi connectivity index (χ2n) is 18.6. The standard InChI is InChI=1S/C57H54F6N4O12/c1-71-46-19-34-16-38-23-50-48(73-3)21-36(38)18-39-24-51-47(72-2)20-35(39)17-37(34)22-49(46)74-4-7-77-55-40(58)10-31(11-41(55)59)25-64-52(68)28-67(29-53(69)65-26-32-12-42(60)56(43(61)13-32)78-8-5-75-50)30-54(70)66-27-33-14-44(62)57(45(63)15-33)79-9-6-76-51/h10-15,19-24H,4-9,16-18,25-30H2,1-3H3,(H,64,68)(H,65,69)(H,66,70). The van der Waals surface area contributed by atoms with Crippen LogP contribution in [-0.2, 0) is 53.3 Å². The van der Waals surface area contributed by atoms with Gasteiger partial charge in [0.25, 0.3) is 0 Å². The van der Waals surface area contributed by atoms with Crippen molar-refractivity contribution >= 4 is 17.7 Å². The molecule has 19 rings (SSSR count). The van der Waals surface area contributed by atoms with Gasteiger partial charge < -0.3 is 58.6 Å². The van der Waals surface area contributed by atoms with E-state index in [2.05, 4.69) is 16.0 Å². The van der Waals surface area contributed by atoms with Crippen molar-refractivity contribution in [1.82, 2.24) is 20.9 Å². The summed E-state index contributed by atoms with van der Waals surface area (Å²) in [6.45, 7) is -4.53. The Morgan fingerprint density at radius 3 is 0.861 bits per heavy atom. The van der Waals surface area contributed by atoms with Crippen molar-refractivity contribution in [3.8, 4) is 51.7 Å². The minimum Gasteiger partial charge on any atom is -0.493 e. The van der Waals surface area contributed by atoms with Crippen LogP contribution in [0.2, 0.25) is 0 Å². The lowest BCUT2D eigenvalue weighted by Crippen LogP contribution is -2.46. The molecular formula is C57H54F6N4O12. The monoisotopic (exact) mass is 1100 g/mol. The molecule has 0 radical (unpaired) electrons. The van der Waals surface area contributed by atoms with Crippen LogP contribution in [0.15, 0.2) is 72.8 Å². The van der Waals surface area contributed by atoms with E-state index in [4.69, 9.17) is 42.6 Å². The number of amides is 3. The Morgan fingerprint density at radius 1 is 0.367 bits per heavy atom. The molecule has 3 amide bonds. The van der Waals surface area contributed by atoms with E-state index in [1.165, 1.54) is 21.3 Å². The van der Waals surface area contributed by atoms with Crippen LogP contribution in [0.1, 0.15) is 50.1 Å². The maximum absolute atomic E-state index is 15.5. The Labute approximate surface area is 449 Å². The zero-order valence-electron chi connectivity index (χ0n) is 43.1. The number of ether oxygens (including phenoxy) is 9. The highest BCUT2D eigenvalue weighted by Gasteiger charge is 2.25. The number of benzene rings is 6. The smallest absolute Gasteiger partial charge is 0.234 e. The molecule has 16 bridgehead atoms. The molecule has 3 N–H and O–H groups in total. The number of hydrogen-bond donors (Lipinski definition) is 3. The van der Waals surface area contributed by atoms with Crippen molar-refractivity contribution in [2.45, 2.75) is 38.9 Å². The van der Waals surface area contributed by atoms with E-state index < -0.39 is 109 Å². The Hall–Kier alpha value is -8.53. The van der Waals surface area contributed by atoms with Gasteiger partial charge in [-0.05, 0) is 142 Å². The highest BCUT2D eigenvalue weighted by Crippen LogP contribution is 2.41. The van der Waals surface area contributed by atoms with Crippen molar-refractivity contribution in [1.29, 1.82) is 0 Å². The first-order chi connectivity index (χ1) is 38.1. The van der Waals surface area contributed by atoms with E-state index >= 15 is 26.3 Å². The molecule has 0 fully saturated rings. The molecule has 13 aliphatic rings. The molecule has 0 saturated heterocycles. The van der Waals surface area contributed by atoms with E-state index in [1.807, 2.05) is 18.2 Å². The fraction of sp³-hybridized carbons (Fsp3) is 0.316. The zero-order chi connectivity index (χ0) is 55.7. The van der Waals surface area contributed by atoms with Gasteiger partial charge in [0.2, 0.25) is 17.7 Å². The first-order valence-corrected chi connectivity index (χ1v) is 25.0. The predicted molar refractivity (Wildman–Crippen MR) is 271 cm³/mol. The number of nitrogens with one attached hydrogen (secondary N) is 3. The number of carbonyl (C=O) groups excluding carboxylic acids is 3.